The lowest BCUT2D eigenvalue weighted by Crippen LogP contribution is -2.26. The molecule has 3 heteroatoms. The molecule has 1 unspecified atom stereocenters. The normalized spacial score (nSPS) is 13.2. The van der Waals surface area contributed by atoms with E-state index < -0.39 is 5.60 Å². The van der Waals surface area contributed by atoms with Gasteiger partial charge in [0.2, 0.25) is 0 Å². The van der Waals surface area contributed by atoms with Crippen molar-refractivity contribution >= 4 is 27.5 Å². The van der Waals surface area contributed by atoms with E-state index in [0.717, 1.165) is 11.1 Å². The quantitative estimate of drug-likeness (QED) is 0.836. The van der Waals surface area contributed by atoms with Crippen LogP contribution < -0.4 is 0 Å². The zero-order valence-electron chi connectivity index (χ0n) is 10.1. The lowest BCUT2D eigenvalue weighted by atomic mass is 9.88. The molecule has 0 aliphatic carbocycles. The van der Waals surface area contributed by atoms with Gasteiger partial charge >= 0.3 is 0 Å². The minimum atomic E-state index is -1.23. The highest BCUT2D eigenvalue weighted by molar-refractivity contribution is 9.12. The number of rotatable bonds is 3. The van der Waals surface area contributed by atoms with E-state index in [1.54, 1.807) is 24.3 Å². The van der Waals surface area contributed by atoms with Crippen LogP contribution in [0.4, 0.5) is 0 Å². The fourth-order valence-corrected chi connectivity index (χ4v) is 2.37. The highest BCUT2D eigenvalue weighted by Crippen LogP contribution is 2.26. The highest BCUT2D eigenvalue weighted by atomic mass is 79.9. The van der Waals surface area contributed by atoms with Gasteiger partial charge in [0.25, 0.3) is 0 Å². The summed E-state index contributed by atoms with van der Waals surface area (Å²) in [5.74, 6) is 2.82. The van der Waals surface area contributed by atoms with Crippen molar-refractivity contribution in [3.63, 3.8) is 0 Å². The molecule has 0 amide bonds. The van der Waals surface area contributed by atoms with E-state index in [2.05, 4.69) is 26.7 Å². The van der Waals surface area contributed by atoms with Crippen LogP contribution in [-0.4, -0.2) is 5.11 Å². The van der Waals surface area contributed by atoms with Gasteiger partial charge in [-0.05, 0) is 28.1 Å². The van der Waals surface area contributed by atoms with Crippen LogP contribution >= 0.6 is 27.5 Å². The summed E-state index contributed by atoms with van der Waals surface area (Å²) in [5.41, 5.74) is 0.526. The Bertz CT molecular complexity index is 598. The number of aliphatic hydroxyl groups is 1. The second-order valence-corrected chi connectivity index (χ2v) is 5.08. The molecule has 0 aliphatic heterocycles. The largest absolute Gasteiger partial charge is 0.373 e. The van der Waals surface area contributed by atoms with Gasteiger partial charge in [-0.25, -0.2) is 0 Å². The Morgan fingerprint density at radius 3 is 2.26 bits per heavy atom. The fraction of sp³-hybridized carbons (Fsp3) is 0.125. The SMILES string of the molecule is OC(C#CBr)(Cc1ccccc1)c1ccc(Cl)cc1. The molecule has 19 heavy (non-hydrogen) atoms. The zero-order valence-corrected chi connectivity index (χ0v) is 12.4. The summed E-state index contributed by atoms with van der Waals surface area (Å²) in [7, 11) is 0. The monoisotopic (exact) mass is 334 g/mol. The summed E-state index contributed by atoms with van der Waals surface area (Å²) < 4.78 is 0. The Kier molecular flexibility index (Phi) is 4.66. The number of halogens is 2. The second-order valence-electron chi connectivity index (χ2n) is 4.25. The van der Waals surface area contributed by atoms with Crippen LogP contribution in [0.5, 0.6) is 0 Å². The maximum absolute atomic E-state index is 10.8. The molecule has 2 aromatic carbocycles. The van der Waals surface area contributed by atoms with Crippen molar-refractivity contribution in [3.8, 4) is 10.8 Å². The molecule has 2 aromatic rings. The lowest BCUT2D eigenvalue weighted by Gasteiger charge is -2.23. The van der Waals surface area contributed by atoms with Crippen molar-refractivity contribution in [3.05, 3.63) is 70.7 Å². The molecule has 0 heterocycles. The third kappa shape index (κ3) is 3.61. The first kappa shape index (κ1) is 14.1. The van der Waals surface area contributed by atoms with E-state index in [-0.39, 0.29) is 0 Å². The summed E-state index contributed by atoms with van der Waals surface area (Å²) in [6.45, 7) is 0. The van der Waals surface area contributed by atoms with Crippen LogP contribution in [-0.2, 0) is 12.0 Å². The fourth-order valence-electron chi connectivity index (χ4n) is 1.91. The Morgan fingerprint density at radius 2 is 1.68 bits per heavy atom. The van der Waals surface area contributed by atoms with Gasteiger partial charge < -0.3 is 5.11 Å². The molecular weight excluding hydrogens is 324 g/mol. The average Bonchev–Trinajstić information content (AvgIpc) is 2.40. The molecule has 2 rings (SSSR count). The van der Waals surface area contributed by atoms with Gasteiger partial charge in [-0.1, -0.05) is 60.0 Å². The van der Waals surface area contributed by atoms with Gasteiger partial charge in [-0.2, -0.15) is 0 Å². The third-order valence-electron chi connectivity index (χ3n) is 2.88. The highest BCUT2D eigenvalue weighted by Gasteiger charge is 2.27. The smallest absolute Gasteiger partial charge is 0.155 e. The number of benzene rings is 2. The maximum Gasteiger partial charge on any atom is 0.155 e. The van der Waals surface area contributed by atoms with E-state index in [9.17, 15) is 5.11 Å². The predicted octanol–water partition coefficient (Wildman–Crippen LogP) is 4.13. The Labute approximate surface area is 126 Å². The zero-order chi connectivity index (χ0) is 13.7. The molecule has 0 fully saturated rings. The summed E-state index contributed by atoms with van der Waals surface area (Å²) in [6, 6.07) is 16.9. The first-order valence-corrected chi connectivity index (χ1v) is 6.96. The molecule has 1 atom stereocenters. The third-order valence-corrected chi connectivity index (χ3v) is 3.33. The molecule has 0 bridgehead atoms. The lowest BCUT2D eigenvalue weighted by molar-refractivity contribution is 0.101. The molecular formula is C16H12BrClO. The van der Waals surface area contributed by atoms with Gasteiger partial charge in [-0.15, -0.1) is 0 Å². The van der Waals surface area contributed by atoms with Crippen LogP contribution in [0.2, 0.25) is 5.02 Å². The molecule has 0 saturated heterocycles. The van der Waals surface area contributed by atoms with Gasteiger partial charge in [0, 0.05) is 27.4 Å². The summed E-state index contributed by atoms with van der Waals surface area (Å²) in [5, 5.41) is 11.4. The van der Waals surface area contributed by atoms with Gasteiger partial charge in [0.1, 0.15) is 0 Å². The van der Waals surface area contributed by atoms with Crippen molar-refractivity contribution in [2.75, 3.05) is 0 Å². The number of hydrogen-bond donors (Lipinski definition) is 1. The molecule has 0 spiro atoms. The Morgan fingerprint density at radius 1 is 1.05 bits per heavy atom. The van der Waals surface area contributed by atoms with Crippen LogP contribution in [0.25, 0.3) is 0 Å². The predicted molar refractivity (Wildman–Crippen MR) is 82.2 cm³/mol. The summed E-state index contributed by atoms with van der Waals surface area (Å²) in [4.78, 5) is 2.62. The summed E-state index contributed by atoms with van der Waals surface area (Å²) >= 11 is 8.94. The van der Waals surface area contributed by atoms with E-state index in [1.165, 1.54) is 0 Å². The molecule has 0 radical (unpaired) electrons. The molecule has 1 nitrogen and oxygen atoms in total. The van der Waals surface area contributed by atoms with E-state index in [0.29, 0.717) is 11.4 Å². The standard InChI is InChI=1S/C16H12BrClO/c17-11-10-16(19,12-13-4-2-1-3-5-13)14-6-8-15(18)9-7-14/h1-9,19H,12H2. The van der Waals surface area contributed by atoms with Gasteiger partial charge in [0.05, 0.1) is 0 Å². The minimum Gasteiger partial charge on any atom is -0.373 e. The van der Waals surface area contributed by atoms with E-state index >= 15 is 0 Å². The van der Waals surface area contributed by atoms with Crippen LogP contribution in [0.1, 0.15) is 11.1 Å². The molecule has 0 aromatic heterocycles. The van der Waals surface area contributed by atoms with E-state index in [1.807, 2.05) is 30.3 Å². The molecule has 0 aliphatic rings. The first-order valence-electron chi connectivity index (χ1n) is 5.79. The molecule has 1 N–H and O–H groups in total. The topological polar surface area (TPSA) is 20.2 Å². The van der Waals surface area contributed by atoms with Crippen LogP contribution in [0, 0.1) is 10.8 Å². The van der Waals surface area contributed by atoms with Crippen molar-refractivity contribution in [2.45, 2.75) is 12.0 Å². The number of hydrogen-bond acceptors (Lipinski definition) is 1. The Hall–Kier alpha value is -1.27. The maximum atomic E-state index is 10.8. The second kappa shape index (κ2) is 6.25. The molecule has 0 saturated carbocycles. The Balaban J connectivity index is 2.37. The van der Waals surface area contributed by atoms with E-state index in [4.69, 9.17) is 11.6 Å². The summed E-state index contributed by atoms with van der Waals surface area (Å²) in [6.07, 6.45) is 0.425. The van der Waals surface area contributed by atoms with Crippen LogP contribution in [0.3, 0.4) is 0 Å². The van der Waals surface area contributed by atoms with Crippen LogP contribution in [0.15, 0.2) is 54.6 Å². The minimum absolute atomic E-state index is 0.425. The van der Waals surface area contributed by atoms with Crippen molar-refractivity contribution in [2.24, 2.45) is 0 Å². The first-order chi connectivity index (χ1) is 9.14. The van der Waals surface area contributed by atoms with Gasteiger partial charge in [0.15, 0.2) is 5.60 Å². The molecule has 96 valence electrons. The van der Waals surface area contributed by atoms with Crippen molar-refractivity contribution < 1.29 is 5.11 Å². The van der Waals surface area contributed by atoms with Crippen molar-refractivity contribution in [1.82, 2.24) is 0 Å². The average molecular weight is 336 g/mol. The van der Waals surface area contributed by atoms with Gasteiger partial charge in [-0.3, -0.25) is 0 Å². The van der Waals surface area contributed by atoms with Crippen molar-refractivity contribution in [1.29, 1.82) is 0 Å².